The van der Waals surface area contributed by atoms with E-state index < -0.39 is 0 Å². The lowest BCUT2D eigenvalue weighted by Crippen LogP contribution is -2.40. The number of esters is 1. The van der Waals surface area contributed by atoms with E-state index in [9.17, 15) is 4.79 Å². The van der Waals surface area contributed by atoms with Crippen LogP contribution in [-0.4, -0.2) is 36.6 Å². The Bertz CT molecular complexity index is 206. The van der Waals surface area contributed by atoms with Gasteiger partial charge < -0.3 is 4.74 Å². The molecule has 2 unspecified atom stereocenters. The van der Waals surface area contributed by atoms with E-state index in [0.29, 0.717) is 6.61 Å². The van der Waals surface area contributed by atoms with E-state index in [2.05, 4.69) is 18.7 Å². The third-order valence-corrected chi connectivity index (χ3v) is 3.02. The molecule has 0 aromatic rings. The van der Waals surface area contributed by atoms with Crippen LogP contribution in [0.25, 0.3) is 0 Å². The Morgan fingerprint density at radius 2 is 2.27 bits per heavy atom. The quantitative estimate of drug-likeness (QED) is 0.655. The third kappa shape index (κ3) is 3.49. The molecule has 0 aromatic carbocycles. The minimum Gasteiger partial charge on any atom is -0.465 e. The lowest BCUT2D eigenvalue weighted by molar-refractivity contribution is -0.149. The smallest absolute Gasteiger partial charge is 0.323 e. The van der Waals surface area contributed by atoms with Crippen LogP contribution >= 0.6 is 0 Å². The van der Waals surface area contributed by atoms with Gasteiger partial charge in [0.15, 0.2) is 0 Å². The Hall–Kier alpha value is -0.570. The van der Waals surface area contributed by atoms with E-state index in [1.165, 1.54) is 6.42 Å². The van der Waals surface area contributed by atoms with E-state index in [1.54, 1.807) is 0 Å². The van der Waals surface area contributed by atoms with Gasteiger partial charge in [0.05, 0.1) is 6.61 Å². The molecule has 1 heterocycles. The van der Waals surface area contributed by atoms with E-state index >= 15 is 0 Å². The second-order valence-electron chi connectivity index (χ2n) is 4.45. The molecule has 0 spiro atoms. The Labute approximate surface area is 92.8 Å². The summed E-state index contributed by atoms with van der Waals surface area (Å²) in [7, 11) is 0. The van der Waals surface area contributed by atoms with E-state index in [-0.39, 0.29) is 12.0 Å². The molecule has 0 aromatic heterocycles. The molecular weight excluding hydrogens is 190 g/mol. The van der Waals surface area contributed by atoms with Gasteiger partial charge in [-0.15, -0.1) is 0 Å². The summed E-state index contributed by atoms with van der Waals surface area (Å²) >= 11 is 0. The van der Waals surface area contributed by atoms with Crippen LogP contribution in [0.3, 0.4) is 0 Å². The zero-order valence-corrected chi connectivity index (χ0v) is 10.2. The molecule has 2 atom stereocenters. The van der Waals surface area contributed by atoms with Crippen molar-refractivity contribution in [1.82, 2.24) is 4.90 Å². The number of hydrogen-bond donors (Lipinski definition) is 0. The highest BCUT2D eigenvalue weighted by Crippen LogP contribution is 2.20. The van der Waals surface area contributed by atoms with Crippen molar-refractivity contribution in [2.24, 2.45) is 5.92 Å². The standard InChI is InChI=1S/C12H23NO2/c1-4-6-11(12(14)15-5-2)13-8-7-10(3)9-13/h10-11H,4-9H2,1-3H3. The third-order valence-electron chi connectivity index (χ3n) is 3.02. The monoisotopic (exact) mass is 213 g/mol. The molecule has 1 fully saturated rings. The molecule has 0 bridgehead atoms. The first-order valence-electron chi connectivity index (χ1n) is 6.09. The summed E-state index contributed by atoms with van der Waals surface area (Å²) in [5, 5.41) is 0. The summed E-state index contributed by atoms with van der Waals surface area (Å²) < 4.78 is 5.12. The summed E-state index contributed by atoms with van der Waals surface area (Å²) in [6, 6.07) is -0.0000926. The number of ether oxygens (including phenoxy) is 1. The van der Waals surface area contributed by atoms with Gasteiger partial charge in [-0.1, -0.05) is 20.3 Å². The van der Waals surface area contributed by atoms with Gasteiger partial charge in [-0.3, -0.25) is 9.69 Å². The van der Waals surface area contributed by atoms with Crippen LogP contribution in [0.5, 0.6) is 0 Å². The molecule has 1 aliphatic heterocycles. The van der Waals surface area contributed by atoms with Gasteiger partial charge in [0, 0.05) is 6.54 Å². The Morgan fingerprint density at radius 3 is 2.73 bits per heavy atom. The Morgan fingerprint density at radius 1 is 1.53 bits per heavy atom. The Balaban J connectivity index is 2.52. The summed E-state index contributed by atoms with van der Waals surface area (Å²) in [4.78, 5) is 14.0. The lowest BCUT2D eigenvalue weighted by Gasteiger charge is -2.25. The Kier molecular flexibility index (Phi) is 5.09. The van der Waals surface area contributed by atoms with Crippen molar-refractivity contribution in [3.05, 3.63) is 0 Å². The topological polar surface area (TPSA) is 29.5 Å². The van der Waals surface area contributed by atoms with Crippen LogP contribution in [0, 0.1) is 5.92 Å². The van der Waals surface area contributed by atoms with Gasteiger partial charge >= 0.3 is 5.97 Å². The predicted octanol–water partition coefficient (Wildman–Crippen LogP) is 2.06. The maximum absolute atomic E-state index is 11.8. The first-order valence-corrected chi connectivity index (χ1v) is 6.09. The second-order valence-corrected chi connectivity index (χ2v) is 4.45. The van der Waals surface area contributed by atoms with Gasteiger partial charge in [-0.25, -0.2) is 0 Å². The van der Waals surface area contributed by atoms with Crippen molar-refractivity contribution in [3.8, 4) is 0 Å². The van der Waals surface area contributed by atoms with Crippen LogP contribution in [-0.2, 0) is 9.53 Å². The van der Waals surface area contributed by atoms with Crippen LogP contribution in [0.15, 0.2) is 0 Å². The maximum atomic E-state index is 11.8. The number of rotatable bonds is 5. The van der Waals surface area contributed by atoms with Crippen LogP contribution < -0.4 is 0 Å². The molecular formula is C12H23NO2. The van der Waals surface area contributed by atoms with Gasteiger partial charge in [-0.05, 0) is 32.2 Å². The van der Waals surface area contributed by atoms with Crippen molar-refractivity contribution < 1.29 is 9.53 Å². The maximum Gasteiger partial charge on any atom is 0.323 e. The molecule has 0 radical (unpaired) electrons. The van der Waals surface area contributed by atoms with E-state index in [4.69, 9.17) is 4.74 Å². The molecule has 0 amide bonds. The first-order chi connectivity index (χ1) is 7.19. The van der Waals surface area contributed by atoms with Crippen molar-refractivity contribution in [2.45, 2.75) is 46.1 Å². The van der Waals surface area contributed by atoms with Gasteiger partial charge in [0.1, 0.15) is 6.04 Å². The molecule has 0 N–H and O–H groups in total. The highest BCUT2D eigenvalue weighted by molar-refractivity contribution is 5.75. The van der Waals surface area contributed by atoms with Crippen LogP contribution in [0.1, 0.15) is 40.0 Å². The molecule has 3 heteroatoms. The highest BCUT2D eigenvalue weighted by atomic mass is 16.5. The van der Waals surface area contributed by atoms with Crippen molar-refractivity contribution in [2.75, 3.05) is 19.7 Å². The molecule has 0 aliphatic carbocycles. The summed E-state index contributed by atoms with van der Waals surface area (Å²) in [5.41, 5.74) is 0. The minimum absolute atomic E-state index is 0.0000926. The van der Waals surface area contributed by atoms with Crippen molar-refractivity contribution in [1.29, 1.82) is 0 Å². The molecule has 1 aliphatic rings. The zero-order valence-electron chi connectivity index (χ0n) is 10.2. The average Bonchev–Trinajstić information content (AvgIpc) is 2.61. The number of carbonyl (C=O) groups excluding carboxylic acids is 1. The van der Waals surface area contributed by atoms with Crippen LogP contribution in [0.2, 0.25) is 0 Å². The molecule has 0 saturated carbocycles. The number of likely N-dealkylation sites (tertiary alicyclic amines) is 1. The summed E-state index contributed by atoms with van der Waals surface area (Å²) in [5.74, 6) is 0.687. The zero-order chi connectivity index (χ0) is 11.3. The van der Waals surface area contributed by atoms with Crippen molar-refractivity contribution in [3.63, 3.8) is 0 Å². The fourth-order valence-electron chi connectivity index (χ4n) is 2.21. The van der Waals surface area contributed by atoms with E-state index in [1.807, 2.05) is 6.92 Å². The second kappa shape index (κ2) is 6.11. The predicted molar refractivity (Wildman–Crippen MR) is 60.7 cm³/mol. The number of carbonyl (C=O) groups is 1. The lowest BCUT2D eigenvalue weighted by atomic mass is 10.1. The SMILES string of the molecule is CCCC(C(=O)OCC)N1CCC(C)C1. The van der Waals surface area contributed by atoms with Crippen LogP contribution in [0.4, 0.5) is 0 Å². The summed E-state index contributed by atoms with van der Waals surface area (Å²) in [6.45, 7) is 8.81. The molecule has 1 saturated heterocycles. The average molecular weight is 213 g/mol. The summed E-state index contributed by atoms with van der Waals surface area (Å²) in [6.07, 6.45) is 3.17. The number of nitrogens with zero attached hydrogens (tertiary/aromatic N) is 1. The number of hydrogen-bond acceptors (Lipinski definition) is 3. The fraction of sp³-hybridized carbons (Fsp3) is 0.917. The molecule has 3 nitrogen and oxygen atoms in total. The van der Waals surface area contributed by atoms with E-state index in [0.717, 1.165) is 31.8 Å². The normalized spacial score (nSPS) is 24.1. The fourth-order valence-corrected chi connectivity index (χ4v) is 2.21. The van der Waals surface area contributed by atoms with Crippen molar-refractivity contribution >= 4 is 5.97 Å². The minimum atomic E-state index is -0.0338. The van der Waals surface area contributed by atoms with Gasteiger partial charge in [0.2, 0.25) is 0 Å². The van der Waals surface area contributed by atoms with Gasteiger partial charge in [-0.2, -0.15) is 0 Å². The molecule has 88 valence electrons. The highest BCUT2D eigenvalue weighted by Gasteiger charge is 2.30. The molecule has 15 heavy (non-hydrogen) atoms. The van der Waals surface area contributed by atoms with Gasteiger partial charge in [0.25, 0.3) is 0 Å². The first kappa shape index (κ1) is 12.5. The largest absolute Gasteiger partial charge is 0.465 e. The molecule has 1 rings (SSSR count).